The molecule has 0 fully saturated rings. The van der Waals surface area contributed by atoms with Gasteiger partial charge in [0, 0.05) is 20.3 Å². The summed E-state index contributed by atoms with van der Waals surface area (Å²) < 4.78 is 7.04. The lowest BCUT2D eigenvalue weighted by Crippen LogP contribution is -2.06. The van der Waals surface area contributed by atoms with E-state index < -0.39 is 5.97 Å². The molecule has 0 spiro atoms. The Labute approximate surface area is 110 Å². The molecular formula is C13H16N2O4. The van der Waals surface area contributed by atoms with Gasteiger partial charge in [0.15, 0.2) is 0 Å². The van der Waals surface area contributed by atoms with E-state index in [-0.39, 0.29) is 12.2 Å². The summed E-state index contributed by atoms with van der Waals surface area (Å²) >= 11 is 0. The van der Waals surface area contributed by atoms with Gasteiger partial charge in [-0.3, -0.25) is 0 Å². The molecule has 6 heteroatoms. The van der Waals surface area contributed by atoms with E-state index in [4.69, 9.17) is 14.9 Å². The number of carboxylic acids is 1. The van der Waals surface area contributed by atoms with Crippen molar-refractivity contribution in [1.82, 2.24) is 9.55 Å². The number of fused-ring (bicyclic) bond motifs is 1. The molecule has 2 aromatic rings. The first-order valence-corrected chi connectivity index (χ1v) is 5.99. The summed E-state index contributed by atoms with van der Waals surface area (Å²) in [5.74, 6) is -0.242. The number of aliphatic hydroxyl groups excluding tert-OH is 1. The van der Waals surface area contributed by atoms with E-state index in [0.717, 1.165) is 11.3 Å². The fraction of sp³-hybridized carbons (Fsp3) is 0.385. The van der Waals surface area contributed by atoms with Crippen LogP contribution >= 0.6 is 0 Å². The molecule has 102 valence electrons. The molecule has 0 bridgehead atoms. The second-order valence-electron chi connectivity index (χ2n) is 4.20. The fourth-order valence-electron chi connectivity index (χ4n) is 2.03. The van der Waals surface area contributed by atoms with Gasteiger partial charge >= 0.3 is 5.97 Å². The smallest absolute Gasteiger partial charge is 0.335 e. The number of aryl methyl sites for hydroxylation is 1. The van der Waals surface area contributed by atoms with Crippen molar-refractivity contribution in [2.75, 3.05) is 13.7 Å². The average molecular weight is 264 g/mol. The number of carbonyl (C=O) groups is 1. The van der Waals surface area contributed by atoms with Gasteiger partial charge < -0.3 is 19.5 Å². The number of imidazole rings is 1. The van der Waals surface area contributed by atoms with E-state index in [9.17, 15) is 4.79 Å². The molecule has 0 aliphatic carbocycles. The van der Waals surface area contributed by atoms with Gasteiger partial charge in [-0.15, -0.1) is 0 Å². The number of benzene rings is 1. The van der Waals surface area contributed by atoms with E-state index in [0.29, 0.717) is 25.1 Å². The van der Waals surface area contributed by atoms with Crippen LogP contribution in [0.15, 0.2) is 18.2 Å². The van der Waals surface area contributed by atoms with Crippen LogP contribution in [0.2, 0.25) is 0 Å². The summed E-state index contributed by atoms with van der Waals surface area (Å²) in [6.45, 7) is 1.07. The number of aromatic nitrogens is 2. The lowest BCUT2D eigenvalue weighted by atomic mass is 10.2. The Morgan fingerprint density at radius 1 is 1.47 bits per heavy atom. The first-order valence-electron chi connectivity index (χ1n) is 5.99. The van der Waals surface area contributed by atoms with Crippen LogP contribution in [0.4, 0.5) is 0 Å². The lowest BCUT2D eigenvalue weighted by Gasteiger charge is -2.07. The normalized spacial score (nSPS) is 11.1. The third-order valence-electron chi connectivity index (χ3n) is 2.89. The van der Waals surface area contributed by atoms with E-state index in [2.05, 4.69) is 4.98 Å². The van der Waals surface area contributed by atoms with Crippen LogP contribution in [0.25, 0.3) is 11.0 Å². The number of rotatable bonds is 6. The molecule has 0 saturated heterocycles. The number of methoxy groups -OCH3 is 1. The first-order chi connectivity index (χ1) is 9.17. The molecular weight excluding hydrogens is 248 g/mol. The molecule has 0 radical (unpaired) electrons. The Kier molecular flexibility index (Phi) is 4.13. The average Bonchev–Trinajstić information content (AvgIpc) is 2.73. The molecule has 1 heterocycles. The molecule has 1 aromatic carbocycles. The summed E-state index contributed by atoms with van der Waals surface area (Å²) in [7, 11) is 1.58. The number of carboxylic acid groups (broad SMARTS) is 1. The molecule has 0 unspecified atom stereocenters. The molecule has 0 aliphatic rings. The van der Waals surface area contributed by atoms with E-state index in [1.807, 2.05) is 4.57 Å². The Bertz CT molecular complexity index is 592. The van der Waals surface area contributed by atoms with Crippen LogP contribution in [-0.2, 0) is 17.9 Å². The minimum Gasteiger partial charge on any atom is -0.478 e. The molecule has 0 saturated carbocycles. The van der Waals surface area contributed by atoms with Crippen molar-refractivity contribution in [1.29, 1.82) is 0 Å². The third kappa shape index (κ3) is 2.74. The highest BCUT2D eigenvalue weighted by Gasteiger charge is 2.12. The minimum absolute atomic E-state index is 0.0965. The molecule has 0 aliphatic heterocycles. The summed E-state index contributed by atoms with van der Waals surface area (Å²) in [5, 5.41) is 17.9. The van der Waals surface area contributed by atoms with Crippen molar-refractivity contribution >= 4 is 17.0 Å². The number of ether oxygens (including phenoxy) is 1. The van der Waals surface area contributed by atoms with Crippen molar-refractivity contribution in [3.8, 4) is 0 Å². The number of aliphatic hydroxyl groups is 1. The van der Waals surface area contributed by atoms with Gasteiger partial charge in [0.25, 0.3) is 0 Å². The molecule has 2 rings (SSSR count). The standard InChI is InChI=1S/C13H16N2O4/c1-19-8-12-14-10-7-9(13(17)18)3-4-11(10)15(12)5-2-6-16/h3-4,7,16H,2,5-6,8H2,1H3,(H,17,18). The largest absolute Gasteiger partial charge is 0.478 e. The van der Waals surface area contributed by atoms with Gasteiger partial charge in [-0.1, -0.05) is 0 Å². The Morgan fingerprint density at radius 3 is 2.89 bits per heavy atom. The van der Waals surface area contributed by atoms with Gasteiger partial charge in [0.1, 0.15) is 12.4 Å². The number of hydrogen-bond donors (Lipinski definition) is 2. The lowest BCUT2D eigenvalue weighted by molar-refractivity contribution is 0.0697. The molecule has 0 amide bonds. The van der Waals surface area contributed by atoms with Crippen molar-refractivity contribution in [3.05, 3.63) is 29.6 Å². The minimum atomic E-state index is -0.972. The fourth-order valence-corrected chi connectivity index (χ4v) is 2.03. The van der Waals surface area contributed by atoms with E-state index in [1.165, 1.54) is 0 Å². The number of nitrogens with zero attached hydrogens (tertiary/aromatic N) is 2. The second-order valence-corrected chi connectivity index (χ2v) is 4.20. The van der Waals surface area contributed by atoms with Crippen molar-refractivity contribution in [2.24, 2.45) is 0 Å². The predicted octanol–water partition coefficient (Wildman–Crippen LogP) is 1.26. The van der Waals surface area contributed by atoms with Crippen molar-refractivity contribution in [3.63, 3.8) is 0 Å². The highest BCUT2D eigenvalue weighted by atomic mass is 16.5. The zero-order valence-electron chi connectivity index (χ0n) is 10.7. The SMILES string of the molecule is COCc1nc2cc(C(=O)O)ccc2n1CCCO. The monoisotopic (exact) mass is 264 g/mol. The maximum absolute atomic E-state index is 10.9. The second kappa shape index (κ2) is 5.81. The Morgan fingerprint density at radius 2 is 2.26 bits per heavy atom. The van der Waals surface area contributed by atoms with Crippen LogP contribution < -0.4 is 0 Å². The van der Waals surface area contributed by atoms with E-state index >= 15 is 0 Å². The summed E-state index contributed by atoms with van der Waals surface area (Å²) in [5.41, 5.74) is 1.69. The van der Waals surface area contributed by atoms with Crippen LogP contribution in [0.5, 0.6) is 0 Å². The third-order valence-corrected chi connectivity index (χ3v) is 2.89. The van der Waals surface area contributed by atoms with Crippen molar-refractivity contribution < 1.29 is 19.7 Å². The summed E-state index contributed by atoms with van der Waals surface area (Å²) in [6, 6.07) is 4.84. The van der Waals surface area contributed by atoms with E-state index in [1.54, 1.807) is 25.3 Å². The number of aromatic carboxylic acids is 1. The van der Waals surface area contributed by atoms with Crippen LogP contribution in [0.1, 0.15) is 22.6 Å². The van der Waals surface area contributed by atoms with Crippen molar-refractivity contribution in [2.45, 2.75) is 19.6 Å². The quantitative estimate of drug-likeness (QED) is 0.820. The first kappa shape index (κ1) is 13.5. The topological polar surface area (TPSA) is 84.6 Å². The van der Waals surface area contributed by atoms with Gasteiger partial charge in [-0.05, 0) is 24.6 Å². The van der Waals surface area contributed by atoms with Crippen LogP contribution in [0.3, 0.4) is 0 Å². The predicted molar refractivity (Wildman–Crippen MR) is 69.1 cm³/mol. The Hall–Kier alpha value is -1.92. The van der Waals surface area contributed by atoms with Gasteiger partial charge in [0.2, 0.25) is 0 Å². The maximum Gasteiger partial charge on any atom is 0.335 e. The Balaban J connectivity index is 2.49. The van der Waals surface area contributed by atoms with Gasteiger partial charge in [0.05, 0.1) is 16.6 Å². The maximum atomic E-state index is 10.9. The van der Waals surface area contributed by atoms with Gasteiger partial charge in [-0.25, -0.2) is 9.78 Å². The van der Waals surface area contributed by atoms with Gasteiger partial charge in [-0.2, -0.15) is 0 Å². The molecule has 0 atom stereocenters. The molecule has 19 heavy (non-hydrogen) atoms. The number of hydrogen-bond acceptors (Lipinski definition) is 4. The zero-order valence-corrected chi connectivity index (χ0v) is 10.7. The summed E-state index contributed by atoms with van der Waals surface area (Å²) in [6.07, 6.45) is 0.614. The highest BCUT2D eigenvalue weighted by molar-refractivity contribution is 5.92. The molecule has 1 aromatic heterocycles. The zero-order chi connectivity index (χ0) is 13.8. The molecule has 6 nitrogen and oxygen atoms in total. The summed E-state index contributed by atoms with van der Waals surface area (Å²) in [4.78, 5) is 15.3. The van der Waals surface area contributed by atoms with Crippen LogP contribution in [-0.4, -0.2) is 39.5 Å². The molecule has 2 N–H and O–H groups in total. The van der Waals surface area contributed by atoms with Crippen LogP contribution in [0, 0.1) is 0 Å². The highest BCUT2D eigenvalue weighted by Crippen LogP contribution is 2.19.